The number of nitrogens with one attached hydrogen (secondary N) is 2. The van der Waals surface area contributed by atoms with Gasteiger partial charge in [0.2, 0.25) is 0 Å². The van der Waals surface area contributed by atoms with Gasteiger partial charge in [-0.1, -0.05) is 84.4 Å². The van der Waals surface area contributed by atoms with Crippen molar-refractivity contribution in [2.75, 3.05) is 47.0 Å². The molecular formula is C76H110N4O10. The van der Waals surface area contributed by atoms with E-state index < -0.39 is 18.3 Å². The Kier molecular flexibility index (Phi) is 19.7. The van der Waals surface area contributed by atoms with Gasteiger partial charge in [0.05, 0.1) is 24.9 Å². The molecule has 0 radical (unpaired) electrons. The third-order valence-corrected chi connectivity index (χ3v) is 25.2. The number of rotatable bonds is 12. The quantitative estimate of drug-likeness (QED) is 0.0626. The molecule has 15 rings (SSSR count). The largest absolute Gasteiger partial charge is 0.508 e. The SMILES string of the molecule is CNCC1CCCC2(C1)CC1(CCCC13CN=C(N)NCCC1C(CCC4(CCCC4)C1CO)Oc1cc(ccc1O)C1Oc4cc(OC)c5c(c4CC1O)C(Cc1cc(O)c(CC(C)C)cc1-5)C1C=CC(CC(O)C3)C(C(C)CCCC(C)C=O)C1)CCO2. The van der Waals surface area contributed by atoms with Crippen LogP contribution in [0.1, 0.15) is 209 Å². The van der Waals surface area contributed by atoms with Crippen LogP contribution in [0.15, 0.2) is 53.5 Å². The Morgan fingerprint density at radius 1 is 0.856 bits per heavy atom. The molecule has 16 unspecified atom stereocenters. The summed E-state index contributed by atoms with van der Waals surface area (Å²) in [6.45, 7) is 11.6. The van der Waals surface area contributed by atoms with Crippen molar-refractivity contribution in [1.29, 1.82) is 0 Å². The summed E-state index contributed by atoms with van der Waals surface area (Å²) in [6.07, 6.45) is 26.3. The number of aliphatic hydroxyl groups excluding tert-OH is 3. The molecule has 8 bridgehead atoms. The number of benzene rings is 3. The van der Waals surface area contributed by atoms with Gasteiger partial charge in [-0.25, -0.2) is 0 Å². The van der Waals surface area contributed by atoms with E-state index in [4.69, 9.17) is 29.7 Å². The van der Waals surface area contributed by atoms with Crippen molar-refractivity contribution in [2.24, 2.45) is 80.2 Å². The summed E-state index contributed by atoms with van der Waals surface area (Å²) in [6, 6.07) is 11.5. The number of carbonyl (C=O) groups is 1. The van der Waals surface area contributed by atoms with Crippen LogP contribution < -0.4 is 30.6 Å². The van der Waals surface area contributed by atoms with Gasteiger partial charge in [0.1, 0.15) is 35.7 Å². The number of fused-ring (bicyclic) bond motifs is 2. The number of phenolic OH excluding ortho intramolecular Hbond substituents is 2. The van der Waals surface area contributed by atoms with Crippen LogP contribution in [0.25, 0.3) is 11.1 Å². The zero-order valence-corrected chi connectivity index (χ0v) is 55.3. The van der Waals surface area contributed by atoms with Crippen LogP contribution in [0.2, 0.25) is 0 Å². The normalized spacial score (nSPS) is 34.7. The van der Waals surface area contributed by atoms with Crippen molar-refractivity contribution in [3.05, 3.63) is 76.4 Å². The number of aldehydes is 1. The number of allylic oxidation sites excluding steroid dienone is 2. The van der Waals surface area contributed by atoms with Crippen LogP contribution in [-0.2, 0) is 28.8 Å². The minimum absolute atomic E-state index is 0.00430. The summed E-state index contributed by atoms with van der Waals surface area (Å²) >= 11 is 0. The highest BCUT2D eigenvalue weighted by molar-refractivity contribution is 5.84. The molecule has 6 aliphatic heterocycles. The first-order chi connectivity index (χ1) is 43.4. The third kappa shape index (κ3) is 12.8. The van der Waals surface area contributed by atoms with Gasteiger partial charge >= 0.3 is 0 Å². The fourth-order valence-electron chi connectivity index (χ4n) is 20.9. The van der Waals surface area contributed by atoms with Crippen molar-refractivity contribution in [2.45, 2.75) is 224 Å². The molecule has 0 amide bonds. The molecule has 1 saturated heterocycles. The van der Waals surface area contributed by atoms with Gasteiger partial charge in [-0.2, -0.15) is 0 Å². The van der Waals surface area contributed by atoms with Crippen molar-refractivity contribution >= 4 is 12.2 Å². The molecule has 494 valence electrons. The topological polar surface area (TPSA) is 218 Å². The number of aliphatic hydroxyl groups is 3. The van der Waals surface area contributed by atoms with E-state index in [9.17, 15) is 30.3 Å². The number of ether oxygens (including phenoxy) is 4. The number of methoxy groups -OCH3 is 1. The molecule has 14 heteroatoms. The molecule has 4 spiro atoms. The summed E-state index contributed by atoms with van der Waals surface area (Å²) in [4.78, 5) is 17.3. The molecule has 0 aromatic heterocycles. The average Bonchev–Trinajstić information content (AvgIpc) is 1.07. The standard InChI is InChI=1S/C76H110N4O10/c1-46(2)30-54-34-59-53(35-63(54)85)33-58-51-16-15-50(57(32-51)48(4)13-9-12-47(3)42-81)31-55(83)40-75(24-11-23-74(75)27-29-88-76(44-74)25-10-14-49(39-76)41-78-5)45-80-72(77)79-28-20-56-61(43-82)73(21-7-8-22-73)26-19-65(56)89-67-36-52(17-18-62(67)84)71-64(86)37-60-66(90-71)38-68(87-6)70(59)69(58)60/h15-18,34-36,38,42,46-51,55-58,61,64-65,71,78,82-86H,7-14,19-33,37,39-41,43-45H2,1-6H3,(H3,77,79,80). The Hall–Kier alpha value is -4.86. The first-order valence-corrected chi connectivity index (χ1v) is 35.6. The Balaban J connectivity index is 0.974. The smallest absolute Gasteiger partial charge is 0.188 e. The van der Waals surface area contributed by atoms with Crippen molar-refractivity contribution in [3.8, 4) is 39.9 Å². The van der Waals surface area contributed by atoms with Gasteiger partial charge in [0, 0.05) is 61.8 Å². The lowest BCUT2D eigenvalue weighted by Gasteiger charge is -2.56. The average molecular weight is 1240 g/mol. The summed E-state index contributed by atoms with van der Waals surface area (Å²) in [7, 11) is 3.79. The highest BCUT2D eigenvalue weighted by atomic mass is 16.5. The predicted molar refractivity (Wildman–Crippen MR) is 354 cm³/mol. The molecule has 16 atom stereocenters. The number of aromatic hydroxyl groups is 2. The number of nitrogens with two attached hydrogens (primary N) is 1. The van der Waals surface area contributed by atoms with E-state index in [1.165, 1.54) is 6.42 Å². The van der Waals surface area contributed by atoms with E-state index in [0.29, 0.717) is 105 Å². The lowest BCUT2D eigenvalue weighted by atomic mass is 9.54. The molecule has 3 aromatic rings. The number of guanidine groups is 1. The second-order valence-electron chi connectivity index (χ2n) is 31.2. The van der Waals surface area contributed by atoms with E-state index in [1.54, 1.807) is 13.2 Å². The Bertz CT molecular complexity index is 3060. The maximum absolute atomic E-state index is 13.2. The second-order valence-corrected chi connectivity index (χ2v) is 31.2. The van der Waals surface area contributed by atoms with Gasteiger partial charge in [0.25, 0.3) is 0 Å². The van der Waals surface area contributed by atoms with Crippen molar-refractivity contribution < 1.29 is 49.3 Å². The van der Waals surface area contributed by atoms with Gasteiger partial charge in [0.15, 0.2) is 17.5 Å². The second kappa shape index (κ2) is 27.2. The maximum atomic E-state index is 13.2. The van der Waals surface area contributed by atoms with Crippen LogP contribution in [0, 0.1) is 69.5 Å². The molecular weight excluding hydrogens is 1130 g/mol. The Morgan fingerprint density at radius 3 is 2.44 bits per heavy atom. The fraction of sp³-hybridized carbons (Fsp3) is 0.711. The minimum atomic E-state index is -0.952. The summed E-state index contributed by atoms with van der Waals surface area (Å²) in [5.41, 5.74) is 13.3. The van der Waals surface area contributed by atoms with E-state index in [1.807, 2.05) is 31.2 Å². The molecule has 14 nitrogen and oxygen atoms in total. The van der Waals surface area contributed by atoms with E-state index >= 15 is 0 Å². The van der Waals surface area contributed by atoms with Gasteiger partial charge < -0.3 is 65.6 Å². The predicted octanol–water partition coefficient (Wildman–Crippen LogP) is 13.0. The van der Waals surface area contributed by atoms with Crippen molar-refractivity contribution in [3.63, 3.8) is 0 Å². The molecule has 4 saturated carbocycles. The Morgan fingerprint density at radius 2 is 1.67 bits per heavy atom. The highest BCUT2D eigenvalue weighted by Crippen LogP contribution is 2.66. The van der Waals surface area contributed by atoms with Gasteiger partial charge in [-0.3, -0.25) is 4.99 Å². The zero-order valence-electron chi connectivity index (χ0n) is 55.3. The van der Waals surface area contributed by atoms with Crippen LogP contribution in [0.3, 0.4) is 0 Å². The lowest BCUT2D eigenvalue weighted by molar-refractivity contribution is -0.179. The number of hydrogen-bond acceptors (Lipinski definition) is 14. The summed E-state index contributed by atoms with van der Waals surface area (Å²) in [5.74, 6) is 3.80. The lowest BCUT2D eigenvalue weighted by Crippen LogP contribution is -2.55. The minimum Gasteiger partial charge on any atom is -0.508 e. The molecule has 6 heterocycles. The molecule has 9 N–H and O–H groups in total. The first-order valence-electron chi connectivity index (χ1n) is 35.6. The monoisotopic (exact) mass is 1240 g/mol. The maximum Gasteiger partial charge on any atom is 0.188 e. The molecule has 3 aromatic carbocycles. The van der Waals surface area contributed by atoms with Crippen LogP contribution in [0.4, 0.5) is 0 Å². The van der Waals surface area contributed by atoms with E-state index in [-0.39, 0.29) is 87.6 Å². The van der Waals surface area contributed by atoms with Crippen LogP contribution in [-0.4, -0.2) is 109 Å². The van der Waals surface area contributed by atoms with Gasteiger partial charge in [-0.15, -0.1) is 0 Å². The number of phenols is 2. The number of nitrogens with zero attached hydrogens (tertiary/aromatic N) is 1. The molecule has 6 aliphatic carbocycles. The summed E-state index contributed by atoms with van der Waals surface area (Å²) in [5, 5.41) is 68.0. The van der Waals surface area contributed by atoms with E-state index in [0.717, 1.165) is 162 Å². The van der Waals surface area contributed by atoms with Gasteiger partial charge in [-0.05, 0) is 245 Å². The molecule has 12 aliphatic rings. The highest BCUT2D eigenvalue weighted by Gasteiger charge is 2.60. The number of aliphatic imine (C=N–C) groups is 1. The number of carbonyl (C=O) groups excluding carboxylic acids is 1. The first kappa shape index (κ1) is 65.2. The van der Waals surface area contributed by atoms with Crippen molar-refractivity contribution in [1.82, 2.24) is 10.6 Å². The molecule has 90 heavy (non-hydrogen) atoms. The third-order valence-electron chi connectivity index (χ3n) is 25.2. The number of hydrogen-bond donors (Lipinski definition) is 8. The molecule has 5 fully saturated rings. The van der Waals surface area contributed by atoms with Crippen LogP contribution in [0.5, 0.6) is 28.7 Å². The summed E-state index contributed by atoms with van der Waals surface area (Å²) < 4.78 is 27.7. The van der Waals surface area contributed by atoms with Crippen LogP contribution >= 0.6 is 0 Å². The van der Waals surface area contributed by atoms with E-state index in [2.05, 4.69) is 56.7 Å². The zero-order chi connectivity index (χ0) is 63.1. The Labute approximate surface area is 537 Å². The fourth-order valence-corrected chi connectivity index (χ4v) is 20.9.